The minimum atomic E-state index is 0.351. The number of nitrogens with zero attached hydrogens (tertiary/aromatic N) is 2. The lowest BCUT2D eigenvalue weighted by molar-refractivity contribution is 0.0334. The molecule has 3 heteroatoms. The van der Waals surface area contributed by atoms with E-state index >= 15 is 0 Å². The van der Waals surface area contributed by atoms with Gasteiger partial charge in [0.25, 0.3) is 0 Å². The van der Waals surface area contributed by atoms with Crippen LogP contribution < -0.4 is 5.32 Å². The van der Waals surface area contributed by atoms with E-state index in [9.17, 15) is 0 Å². The van der Waals surface area contributed by atoms with E-state index in [-0.39, 0.29) is 0 Å². The van der Waals surface area contributed by atoms with Gasteiger partial charge in [-0.3, -0.25) is 9.80 Å². The predicted octanol–water partition coefficient (Wildman–Crippen LogP) is 0.622. The van der Waals surface area contributed by atoms with Gasteiger partial charge in [-0.2, -0.15) is 0 Å². The number of hydrogen-bond donors (Lipinski definition) is 1. The summed E-state index contributed by atoms with van der Waals surface area (Å²) in [5.41, 5.74) is 0.351. The molecule has 1 atom stereocenters. The van der Waals surface area contributed by atoms with Crippen molar-refractivity contribution in [1.82, 2.24) is 15.1 Å². The molecular weight excluding hydrogens is 186 g/mol. The zero-order chi connectivity index (χ0) is 10.9. The number of rotatable bonds is 2. The average molecular weight is 211 g/mol. The van der Waals surface area contributed by atoms with Crippen LogP contribution in [-0.2, 0) is 0 Å². The fourth-order valence-electron chi connectivity index (χ4n) is 2.73. The van der Waals surface area contributed by atoms with Crippen LogP contribution in [0.15, 0.2) is 0 Å². The fourth-order valence-corrected chi connectivity index (χ4v) is 2.73. The summed E-state index contributed by atoms with van der Waals surface area (Å²) in [6.07, 6.45) is 1.37. The molecule has 0 bridgehead atoms. The van der Waals surface area contributed by atoms with Gasteiger partial charge >= 0.3 is 0 Å². The van der Waals surface area contributed by atoms with Gasteiger partial charge in [0.05, 0.1) is 0 Å². The first-order valence-corrected chi connectivity index (χ1v) is 6.22. The third kappa shape index (κ3) is 2.71. The molecule has 2 aliphatic rings. The molecule has 0 amide bonds. The summed E-state index contributed by atoms with van der Waals surface area (Å²) in [6.45, 7) is 12.1. The van der Waals surface area contributed by atoms with Crippen molar-refractivity contribution in [3.63, 3.8) is 0 Å². The van der Waals surface area contributed by atoms with E-state index in [4.69, 9.17) is 0 Å². The Bertz CT molecular complexity index is 209. The average Bonchev–Trinajstić information content (AvgIpc) is 2.63. The van der Waals surface area contributed by atoms with E-state index < -0.39 is 0 Å². The van der Waals surface area contributed by atoms with Gasteiger partial charge < -0.3 is 5.32 Å². The van der Waals surface area contributed by atoms with Gasteiger partial charge in [0.15, 0.2) is 0 Å². The van der Waals surface area contributed by atoms with E-state index in [1.807, 2.05) is 0 Å². The lowest BCUT2D eigenvalue weighted by Gasteiger charge is -2.46. The third-order valence-electron chi connectivity index (χ3n) is 4.07. The predicted molar refractivity (Wildman–Crippen MR) is 64.1 cm³/mol. The molecule has 1 N–H and O–H groups in total. The standard InChI is InChI=1S/C12H25N3/c1-12(2)10-15(7-6-14(12)3)9-11-4-5-13-8-11/h11,13H,4-10H2,1-3H3. The van der Waals surface area contributed by atoms with Gasteiger partial charge in [0.2, 0.25) is 0 Å². The Kier molecular flexibility index (Phi) is 3.33. The second kappa shape index (κ2) is 4.40. The van der Waals surface area contributed by atoms with Crippen LogP contribution in [0.2, 0.25) is 0 Å². The zero-order valence-electron chi connectivity index (χ0n) is 10.4. The van der Waals surface area contributed by atoms with Gasteiger partial charge in [-0.15, -0.1) is 0 Å². The van der Waals surface area contributed by atoms with Gasteiger partial charge in [-0.05, 0) is 46.3 Å². The fraction of sp³-hybridized carbons (Fsp3) is 1.00. The molecule has 2 rings (SSSR count). The summed E-state index contributed by atoms with van der Waals surface area (Å²) in [6, 6.07) is 0. The maximum absolute atomic E-state index is 3.45. The van der Waals surface area contributed by atoms with Crippen LogP contribution in [0.4, 0.5) is 0 Å². The summed E-state index contributed by atoms with van der Waals surface area (Å²) >= 11 is 0. The first-order valence-electron chi connectivity index (χ1n) is 6.22. The zero-order valence-corrected chi connectivity index (χ0v) is 10.4. The van der Waals surface area contributed by atoms with Gasteiger partial charge in [0.1, 0.15) is 0 Å². The van der Waals surface area contributed by atoms with Crippen LogP contribution in [0.3, 0.4) is 0 Å². The Balaban J connectivity index is 1.83. The molecule has 0 aromatic carbocycles. The van der Waals surface area contributed by atoms with Crippen molar-refractivity contribution < 1.29 is 0 Å². The second-order valence-electron chi connectivity index (χ2n) is 5.83. The van der Waals surface area contributed by atoms with Crippen LogP contribution in [0.5, 0.6) is 0 Å². The van der Waals surface area contributed by atoms with E-state index in [0.29, 0.717) is 5.54 Å². The van der Waals surface area contributed by atoms with Crippen molar-refractivity contribution in [3.8, 4) is 0 Å². The Morgan fingerprint density at radius 1 is 1.33 bits per heavy atom. The SMILES string of the molecule is CN1CCN(CC2CCNC2)CC1(C)C. The molecule has 0 aromatic rings. The third-order valence-corrected chi connectivity index (χ3v) is 4.07. The topological polar surface area (TPSA) is 18.5 Å². The van der Waals surface area contributed by atoms with Crippen LogP contribution in [0.1, 0.15) is 20.3 Å². The van der Waals surface area contributed by atoms with E-state index in [2.05, 4.69) is 36.0 Å². The van der Waals surface area contributed by atoms with E-state index in [0.717, 1.165) is 5.92 Å². The molecule has 0 spiro atoms. The quantitative estimate of drug-likeness (QED) is 0.722. The minimum absolute atomic E-state index is 0.351. The normalized spacial score (nSPS) is 33.4. The molecule has 88 valence electrons. The van der Waals surface area contributed by atoms with Crippen molar-refractivity contribution >= 4 is 0 Å². The lowest BCUT2D eigenvalue weighted by Crippen LogP contribution is -2.58. The molecular formula is C12H25N3. The monoisotopic (exact) mass is 211 g/mol. The highest BCUT2D eigenvalue weighted by Gasteiger charge is 2.32. The number of piperazine rings is 1. The molecule has 2 saturated heterocycles. The smallest absolute Gasteiger partial charge is 0.0277 e. The van der Waals surface area contributed by atoms with Crippen LogP contribution in [0, 0.1) is 5.92 Å². The highest BCUT2D eigenvalue weighted by molar-refractivity contribution is 4.89. The molecule has 15 heavy (non-hydrogen) atoms. The Morgan fingerprint density at radius 3 is 2.73 bits per heavy atom. The highest BCUT2D eigenvalue weighted by Crippen LogP contribution is 2.20. The van der Waals surface area contributed by atoms with Crippen molar-refractivity contribution in [1.29, 1.82) is 0 Å². The summed E-state index contributed by atoms with van der Waals surface area (Å²) in [5, 5.41) is 3.45. The Labute approximate surface area is 93.8 Å². The van der Waals surface area contributed by atoms with Crippen LogP contribution >= 0.6 is 0 Å². The maximum Gasteiger partial charge on any atom is 0.0277 e. The van der Waals surface area contributed by atoms with Crippen molar-refractivity contribution in [2.24, 2.45) is 5.92 Å². The van der Waals surface area contributed by atoms with Crippen LogP contribution in [0.25, 0.3) is 0 Å². The molecule has 0 radical (unpaired) electrons. The summed E-state index contributed by atoms with van der Waals surface area (Å²) in [5.74, 6) is 0.893. The van der Waals surface area contributed by atoms with Crippen molar-refractivity contribution in [3.05, 3.63) is 0 Å². The molecule has 2 aliphatic heterocycles. The highest BCUT2D eigenvalue weighted by atomic mass is 15.3. The molecule has 1 unspecified atom stereocenters. The number of hydrogen-bond acceptors (Lipinski definition) is 3. The van der Waals surface area contributed by atoms with Gasteiger partial charge in [-0.25, -0.2) is 0 Å². The number of nitrogens with one attached hydrogen (secondary N) is 1. The summed E-state index contributed by atoms with van der Waals surface area (Å²) in [4.78, 5) is 5.13. The first kappa shape index (κ1) is 11.4. The van der Waals surface area contributed by atoms with Gasteiger partial charge in [-0.1, -0.05) is 0 Å². The lowest BCUT2D eigenvalue weighted by atomic mass is 9.98. The molecule has 0 aromatic heterocycles. The Hall–Kier alpha value is -0.120. The van der Waals surface area contributed by atoms with Crippen molar-refractivity contribution in [2.45, 2.75) is 25.8 Å². The molecule has 2 heterocycles. The molecule has 0 saturated carbocycles. The van der Waals surface area contributed by atoms with Gasteiger partial charge in [0, 0.05) is 31.7 Å². The largest absolute Gasteiger partial charge is 0.316 e. The Morgan fingerprint density at radius 2 is 2.13 bits per heavy atom. The molecule has 0 aliphatic carbocycles. The minimum Gasteiger partial charge on any atom is -0.316 e. The number of likely N-dealkylation sites (N-methyl/N-ethyl adjacent to an activating group) is 1. The van der Waals surface area contributed by atoms with Crippen LogP contribution in [-0.4, -0.2) is 61.7 Å². The second-order valence-corrected chi connectivity index (χ2v) is 5.83. The van der Waals surface area contributed by atoms with E-state index in [1.165, 1.54) is 45.7 Å². The summed E-state index contributed by atoms with van der Waals surface area (Å²) in [7, 11) is 2.24. The maximum atomic E-state index is 3.45. The first-order chi connectivity index (χ1) is 7.08. The molecule has 2 fully saturated rings. The van der Waals surface area contributed by atoms with Crippen molar-refractivity contribution in [2.75, 3.05) is 46.3 Å². The summed E-state index contributed by atoms with van der Waals surface area (Å²) < 4.78 is 0. The van der Waals surface area contributed by atoms with E-state index in [1.54, 1.807) is 0 Å². The molecule has 3 nitrogen and oxygen atoms in total.